The summed E-state index contributed by atoms with van der Waals surface area (Å²) in [4.78, 5) is 20.0. The Morgan fingerprint density at radius 1 is 0.897 bits per heavy atom. The minimum Gasteiger partial charge on any atom is -0.493 e. The Morgan fingerprint density at radius 2 is 1.69 bits per heavy atom. The Balaban J connectivity index is 1.50. The molecule has 192 valence electrons. The third kappa shape index (κ3) is 3.82. The number of allylic oxidation sites excluding steroid dienone is 1. The lowest BCUT2D eigenvalue weighted by atomic mass is 9.83. The number of aryl methyl sites for hydroxylation is 1. The summed E-state index contributed by atoms with van der Waals surface area (Å²) in [5, 5.41) is 2.27. The maximum Gasteiger partial charge on any atom is 0.271 e. The molecule has 0 saturated carbocycles. The Bertz CT molecular complexity index is 1980. The molecule has 2 aliphatic rings. The van der Waals surface area contributed by atoms with Crippen LogP contribution in [-0.4, -0.2) is 18.8 Å². The van der Waals surface area contributed by atoms with Crippen LogP contribution in [0.1, 0.15) is 34.7 Å². The third-order valence-electron chi connectivity index (χ3n) is 7.71. The van der Waals surface area contributed by atoms with Crippen molar-refractivity contribution in [1.82, 2.24) is 4.57 Å². The van der Waals surface area contributed by atoms with Crippen LogP contribution < -0.4 is 24.4 Å². The van der Waals surface area contributed by atoms with Crippen molar-refractivity contribution in [2.45, 2.75) is 18.9 Å². The highest BCUT2D eigenvalue weighted by atomic mass is 32.1. The lowest BCUT2D eigenvalue weighted by Gasteiger charge is -2.31. The van der Waals surface area contributed by atoms with Crippen molar-refractivity contribution in [2.24, 2.45) is 4.99 Å². The van der Waals surface area contributed by atoms with Gasteiger partial charge in [-0.1, -0.05) is 84.1 Å². The summed E-state index contributed by atoms with van der Waals surface area (Å²) in [5.41, 5.74) is 6.55. The Labute approximate surface area is 229 Å². The molecule has 39 heavy (non-hydrogen) atoms. The van der Waals surface area contributed by atoms with E-state index in [4.69, 9.17) is 14.5 Å². The zero-order valence-electron chi connectivity index (χ0n) is 21.7. The van der Waals surface area contributed by atoms with E-state index in [9.17, 15) is 4.79 Å². The minimum absolute atomic E-state index is 0.0307. The molecule has 0 amide bonds. The first-order valence-electron chi connectivity index (χ1n) is 13.0. The van der Waals surface area contributed by atoms with Gasteiger partial charge in [-0.2, -0.15) is 0 Å². The first kappa shape index (κ1) is 23.7. The van der Waals surface area contributed by atoms with Crippen molar-refractivity contribution in [2.75, 3.05) is 14.2 Å². The molecular formula is C33H26N2O3S. The molecule has 1 aliphatic heterocycles. The van der Waals surface area contributed by atoms with Crippen LogP contribution in [-0.2, 0) is 6.42 Å². The predicted octanol–water partition coefficient (Wildman–Crippen LogP) is 5.49. The van der Waals surface area contributed by atoms with E-state index in [2.05, 4.69) is 48.5 Å². The summed E-state index contributed by atoms with van der Waals surface area (Å²) in [6.07, 6.45) is 3.76. The average Bonchev–Trinajstić information content (AvgIpc) is 3.29. The van der Waals surface area contributed by atoms with Crippen LogP contribution in [0, 0.1) is 0 Å². The molecule has 5 nitrogen and oxygen atoms in total. The van der Waals surface area contributed by atoms with Crippen molar-refractivity contribution in [3.8, 4) is 11.5 Å². The van der Waals surface area contributed by atoms with Crippen molar-refractivity contribution >= 4 is 33.9 Å². The molecule has 0 saturated heterocycles. The number of hydrogen-bond donors (Lipinski definition) is 0. The molecule has 0 radical (unpaired) electrons. The highest BCUT2D eigenvalue weighted by Gasteiger charge is 2.33. The van der Waals surface area contributed by atoms with Gasteiger partial charge in [-0.15, -0.1) is 0 Å². The molecule has 0 spiro atoms. The van der Waals surface area contributed by atoms with E-state index < -0.39 is 0 Å². The molecule has 7 rings (SSSR count). The Kier molecular flexibility index (Phi) is 5.71. The maximum atomic E-state index is 14.1. The van der Waals surface area contributed by atoms with E-state index >= 15 is 0 Å². The fraction of sp³-hybridized carbons (Fsp3) is 0.152. The second-order valence-electron chi connectivity index (χ2n) is 9.80. The number of hydrogen-bond acceptors (Lipinski definition) is 5. The highest BCUT2D eigenvalue weighted by Crippen LogP contribution is 2.42. The van der Waals surface area contributed by atoms with Gasteiger partial charge in [0.15, 0.2) is 16.3 Å². The largest absolute Gasteiger partial charge is 0.493 e. The number of fused-ring (bicyclic) bond motifs is 4. The van der Waals surface area contributed by atoms with Gasteiger partial charge in [-0.25, -0.2) is 4.99 Å². The SMILES string of the molecule is COc1ccc([C@@H]2C3=C(N=c4s/c(=C/c5cccc6ccccc56)c(=O)n42)c2ccccc2CC3)cc1OC. The first-order chi connectivity index (χ1) is 19.2. The molecule has 0 fully saturated rings. The van der Waals surface area contributed by atoms with Crippen molar-refractivity contribution < 1.29 is 9.47 Å². The molecule has 4 aromatic carbocycles. The number of methoxy groups -OCH3 is 2. The summed E-state index contributed by atoms with van der Waals surface area (Å²) in [6, 6.07) is 28.6. The summed E-state index contributed by atoms with van der Waals surface area (Å²) >= 11 is 1.45. The molecule has 1 atom stereocenters. The number of aromatic nitrogens is 1. The summed E-state index contributed by atoms with van der Waals surface area (Å²) < 4.78 is 13.7. The molecule has 5 aromatic rings. The molecule has 1 aliphatic carbocycles. The van der Waals surface area contributed by atoms with Crippen LogP contribution in [0.15, 0.2) is 100 Å². The zero-order chi connectivity index (χ0) is 26.5. The minimum atomic E-state index is -0.279. The predicted molar refractivity (Wildman–Crippen MR) is 156 cm³/mol. The van der Waals surface area contributed by atoms with Crippen LogP contribution in [0.4, 0.5) is 0 Å². The van der Waals surface area contributed by atoms with Gasteiger partial charge in [0.2, 0.25) is 0 Å². The third-order valence-corrected chi connectivity index (χ3v) is 8.69. The molecule has 0 N–H and O–H groups in total. The van der Waals surface area contributed by atoms with Gasteiger partial charge in [-0.3, -0.25) is 9.36 Å². The van der Waals surface area contributed by atoms with Gasteiger partial charge in [0.25, 0.3) is 5.56 Å². The van der Waals surface area contributed by atoms with E-state index in [1.165, 1.54) is 16.9 Å². The smallest absolute Gasteiger partial charge is 0.271 e. The van der Waals surface area contributed by atoms with Crippen LogP contribution >= 0.6 is 11.3 Å². The zero-order valence-corrected chi connectivity index (χ0v) is 22.5. The van der Waals surface area contributed by atoms with Crippen molar-refractivity contribution in [3.05, 3.63) is 132 Å². The fourth-order valence-electron chi connectivity index (χ4n) is 5.86. The molecule has 2 heterocycles. The first-order valence-corrected chi connectivity index (χ1v) is 13.8. The molecule has 1 aromatic heterocycles. The molecule has 0 bridgehead atoms. The molecule has 0 unspecified atom stereocenters. The topological polar surface area (TPSA) is 52.8 Å². The van der Waals surface area contributed by atoms with E-state index in [0.717, 1.165) is 51.6 Å². The number of rotatable bonds is 4. The van der Waals surface area contributed by atoms with E-state index in [0.29, 0.717) is 20.8 Å². The summed E-state index contributed by atoms with van der Waals surface area (Å²) in [5.74, 6) is 1.30. The quantitative estimate of drug-likeness (QED) is 0.309. The van der Waals surface area contributed by atoms with E-state index in [1.54, 1.807) is 14.2 Å². The number of ether oxygens (including phenoxy) is 2. The van der Waals surface area contributed by atoms with Gasteiger partial charge < -0.3 is 9.47 Å². The summed E-state index contributed by atoms with van der Waals surface area (Å²) in [7, 11) is 3.27. The Hall–Kier alpha value is -4.42. The van der Waals surface area contributed by atoms with E-state index in [-0.39, 0.29) is 11.6 Å². The van der Waals surface area contributed by atoms with Gasteiger partial charge in [0.05, 0.1) is 30.5 Å². The lowest BCUT2D eigenvalue weighted by Crippen LogP contribution is -2.38. The van der Waals surface area contributed by atoms with Gasteiger partial charge in [-0.05, 0) is 64.1 Å². The van der Waals surface area contributed by atoms with Gasteiger partial charge in [0, 0.05) is 5.56 Å². The Morgan fingerprint density at radius 3 is 2.56 bits per heavy atom. The van der Waals surface area contributed by atoms with Gasteiger partial charge in [0.1, 0.15) is 0 Å². The number of thiazole rings is 1. The second-order valence-corrected chi connectivity index (χ2v) is 10.8. The molecular weight excluding hydrogens is 504 g/mol. The van der Waals surface area contributed by atoms with Crippen LogP contribution in [0.3, 0.4) is 0 Å². The van der Waals surface area contributed by atoms with Gasteiger partial charge >= 0.3 is 0 Å². The second kappa shape index (κ2) is 9.40. The monoisotopic (exact) mass is 530 g/mol. The molecule has 6 heteroatoms. The average molecular weight is 531 g/mol. The lowest BCUT2D eigenvalue weighted by molar-refractivity contribution is 0.354. The fourth-order valence-corrected chi connectivity index (χ4v) is 6.85. The maximum absolute atomic E-state index is 14.1. The normalized spacial score (nSPS) is 16.4. The number of benzene rings is 4. The number of nitrogens with zero attached hydrogens (tertiary/aromatic N) is 2. The van der Waals surface area contributed by atoms with Crippen LogP contribution in [0.25, 0.3) is 22.5 Å². The van der Waals surface area contributed by atoms with Crippen molar-refractivity contribution in [3.63, 3.8) is 0 Å². The summed E-state index contributed by atoms with van der Waals surface area (Å²) in [6.45, 7) is 0. The van der Waals surface area contributed by atoms with Crippen LogP contribution in [0.2, 0.25) is 0 Å². The highest BCUT2D eigenvalue weighted by molar-refractivity contribution is 7.07. The van der Waals surface area contributed by atoms with E-state index in [1.807, 2.05) is 47.0 Å². The van der Waals surface area contributed by atoms with Crippen LogP contribution in [0.5, 0.6) is 11.5 Å². The van der Waals surface area contributed by atoms with Crippen molar-refractivity contribution in [1.29, 1.82) is 0 Å². The standard InChI is InChI=1S/C33H26N2O3S/c1-37-27-17-15-23(18-28(27)38-2)31-26-16-14-21-9-4-6-13-25(21)30(26)34-33-35(31)32(36)29(39-33)19-22-11-7-10-20-8-3-5-12-24(20)22/h3-13,15,17-19,31H,14,16H2,1-2H3/b29-19+/t31-/m1/s1.